The zero-order valence-electron chi connectivity index (χ0n) is 14.4. The van der Waals surface area contributed by atoms with Gasteiger partial charge in [-0.25, -0.2) is 0 Å². The van der Waals surface area contributed by atoms with Crippen LogP contribution in [-0.4, -0.2) is 42.4 Å². The molecule has 2 N–H and O–H groups in total. The summed E-state index contributed by atoms with van der Waals surface area (Å²) in [7, 11) is 1.75. The van der Waals surface area contributed by atoms with E-state index in [1.54, 1.807) is 31.6 Å². The number of carbonyl (C=O) groups is 1. The molecule has 3 aromatic rings. The first-order valence-corrected chi connectivity index (χ1v) is 8.51. The first-order valence-electron chi connectivity index (χ1n) is 8.51. The summed E-state index contributed by atoms with van der Waals surface area (Å²) in [6.45, 7) is 1.87. The van der Waals surface area contributed by atoms with E-state index in [9.17, 15) is 4.79 Å². The standard InChI is InChI=1S/C19H20N4O3/c1-25-15-8-9-23(12-15)14-6-4-13(5-7-14)20-19(24)17-11-16(21-22-17)18-3-2-10-26-18/h2-7,10-11,15H,8-9,12H2,1H3,(H,20,24)(H,21,22)/t15-/m0/s1. The zero-order valence-corrected chi connectivity index (χ0v) is 14.4. The normalized spacial score (nSPS) is 16.8. The number of ether oxygens (including phenoxy) is 1. The first kappa shape index (κ1) is 16.4. The van der Waals surface area contributed by atoms with Crippen LogP contribution < -0.4 is 10.2 Å². The number of anilines is 2. The van der Waals surface area contributed by atoms with E-state index in [-0.39, 0.29) is 12.0 Å². The number of aromatic amines is 1. The van der Waals surface area contributed by atoms with Crippen molar-refractivity contribution in [2.45, 2.75) is 12.5 Å². The minimum Gasteiger partial charge on any atom is -0.463 e. The number of methoxy groups -OCH3 is 1. The van der Waals surface area contributed by atoms with E-state index in [4.69, 9.17) is 9.15 Å². The number of furan rings is 1. The molecule has 0 unspecified atom stereocenters. The molecule has 7 nitrogen and oxygen atoms in total. The van der Waals surface area contributed by atoms with Gasteiger partial charge in [0.25, 0.3) is 5.91 Å². The molecule has 1 fully saturated rings. The van der Waals surface area contributed by atoms with E-state index < -0.39 is 0 Å². The maximum absolute atomic E-state index is 12.4. The number of H-pyrrole nitrogens is 1. The van der Waals surface area contributed by atoms with Gasteiger partial charge in [0.05, 0.1) is 12.4 Å². The Morgan fingerprint density at radius 2 is 2.19 bits per heavy atom. The fourth-order valence-corrected chi connectivity index (χ4v) is 3.10. The molecule has 1 amide bonds. The van der Waals surface area contributed by atoms with Gasteiger partial charge in [0.2, 0.25) is 0 Å². The van der Waals surface area contributed by atoms with Gasteiger partial charge in [-0.15, -0.1) is 0 Å². The Morgan fingerprint density at radius 3 is 2.88 bits per heavy atom. The number of hydrogen-bond donors (Lipinski definition) is 2. The minimum absolute atomic E-state index is 0.271. The highest BCUT2D eigenvalue weighted by molar-refractivity contribution is 6.03. The molecule has 4 rings (SSSR count). The van der Waals surface area contributed by atoms with Crippen LogP contribution in [-0.2, 0) is 4.74 Å². The van der Waals surface area contributed by atoms with Gasteiger partial charge in [-0.2, -0.15) is 5.10 Å². The Morgan fingerprint density at radius 1 is 1.35 bits per heavy atom. The molecule has 0 spiro atoms. The van der Waals surface area contributed by atoms with Crippen LogP contribution in [0.1, 0.15) is 16.9 Å². The van der Waals surface area contributed by atoms with Gasteiger partial charge in [-0.05, 0) is 42.8 Å². The lowest BCUT2D eigenvalue weighted by molar-refractivity contribution is 0.102. The van der Waals surface area contributed by atoms with Gasteiger partial charge in [-0.1, -0.05) is 0 Å². The number of aromatic nitrogens is 2. The highest BCUT2D eigenvalue weighted by Crippen LogP contribution is 2.24. The van der Waals surface area contributed by atoms with Crippen molar-refractivity contribution in [2.75, 3.05) is 30.4 Å². The number of rotatable bonds is 5. The summed E-state index contributed by atoms with van der Waals surface area (Å²) in [5.74, 6) is 0.369. The van der Waals surface area contributed by atoms with Crippen LogP contribution in [0.3, 0.4) is 0 Å². The molecule has 26 heavy (non-hydrogen) atoms. The predicted molar refractivity (Wildman–Crippen MR) is 98.3 cm³/mol. The first-order chi connectivity index (χ1) is 12.7. The summed E-state index contributed by atoms with van der Waals surface area (Å²) >= 11 is 0. The molecule has 1 aromatic carbocycles. The summed E-state index contributed by atoms with van der Waals surface area (Å²) in [5.41, 5.74) is 2.83. The molecule has 1 aliphatic heterocycles. The van der Waals surface area contributed by atoms with E-state index in [2.05, 4.69) is 20.4 Å². The molecular weight excluding hydrogens is 332 g/mol. The number of nitrogens with one attached hydrogen (secondary N) is 2. The van der Waals surface area contributed by atoms with Gasteiger partial charge in [0.15, 0.2) is 11.5 Å². The molecular formula is C19H20N4O3. The molecule has 0 aliphatic carbocycles. The summed E-state index contributed by atoms with van der Waals surface area (Å²) in [6, 6.07) is 13.1. The maximum atomic E-state index is 12.4. The molecule has 1 atom stereocenters. The van der Waals surface area contributed by atoms with E-state index in [0.717, 1.165) is 30.9 Å². The van der Waals surface area contributed by atoms with Crippen LogP contribution in [0, 0.1) is 0 Å². The Hall–Kier alpha value is -3.06. The molecule has 0 radical (unpaired) electrons. The lowest BCUT2D eigenvalue weighted by atomic mass is 10.2. The van der Waals surface area contributed by atoms with Gasteiger partial charge in [0.1, 0.15) is 5.69 Å². The van der Waals surface area contributed by atoms with Gasteiger partial charge in [0, 0.05) is 37.6 Å². The smallest absolute Gasteiger partial charge is 0.276 e. The van der Waals surface area contributed by atoms with E-state index in [1.165, 1.54) is 0 Å². The van der Waals surface area contributed by atoms with Gasteiger partial charge in [-0.3, -0.25) is 9.89 Å². The van der Waals surface area contributed by atoms with Crippen LogP contribution in [0.15, 0.2) is 53.1 Å². The summed E-state index contributed by atoms with van der Waals surface area (Å²) in [6.07, 6.45) is 2.90. The number of amides is 1. The van der Waals surface area contributed by atoms with Crippen molar-refractivity contribution >= 4 is 17.3 Å². The van der Waals surface area contributed by atoms with Crippen molar-refractivity contribution in [3.63, 3.8) is 0 Å². The molecule has 3 heterocycles. The predicted octanol–water partition coefficient (Wildman–Crippen LogP) is 3.15. The monoisotopic (exact) mass is 352 g/mol. The summed E-state index contributed by atoms with van der Waals surface area (Å²) in [4.78, 5) is 14.6. The average Bonchev–Trinajstić information content (AvgIpc) is 3.42. The minimum atomic E-state index is -0.271. The number of hydrogen-bond acceptors (Lipinski definition) is 5. The zero-order chi connectivity index (χ0) is 17.9. The molecule has 1 saturated heterocycles. The third-order valence-corrected chi connectivity index (χ3v) is 4.57. The van der Waals surface area contributed by atoms with Gasteiger partial charge >= 0.3 is 0 Å². The quantitative estimate of drug-likeness (QED) is 0.737. The second-order valence-corrected chi connectivity index (χ2v) is 6.24. The fourth-order valence-electron chi connectivity index (χ4n) is 3.10. The summed E-state index contributed by atoms with van der Waals surface area (Å²) in [5, 5.41) is 9.71. The van der Waals surface area contributed by atoms with Crippen molar-refractivity contribution in [2.24, 2.45) is 0 Å². The van der Waals surface area contributed by atoms with Crippen molar-refractivity contribution in [3.8, 4) is 11.5 Å². The molecule has 2 aromatic heterocycles. The topological polar surface area (TPSA) is 83.4 Å². The summed E-state index contributed by atoms with van der Waals surface area (Å²) < 4.78 is 10.7. The molecule has 0 bridgehead atoms. The lowest BCUT2D eigenvalue weighted by Crippen LogP contribution is -2.22. The highest BCUT2D eigenvalue weighted by atomic mass is 16.5. The third kappa shape index (κ3) is 3.34. The Balaban J connectivity index is 1.40. The second-order valence-electron chi connectivity index (χ2n) is 6.24. The Labute approximate surface area is 151 Å². The maximum Gasteiger partial charge on any atom is 0.276 e. The van der Waals surface area contributed by atoms with Gasteiger partial charge < -0.3 is 19.4 Å². The number of benzene rings is 1. The van der Waals surface area contributed by atoms with Crippen molar-refractivity contribution in [1.82, 2.24) is 10.2 Å². The Bertz CT molecular complexity index is 871. The second kappa shape index (κ2) is 7.05. The molecule has 134 valence electrons. The van der Waals surface area contributed by atoms with Crippen molar-refractivity contribution in [3.05, 3.63) is 54.4 Å². The number of nitrogens with zero attached hydrogens (tertiary/aromatic N) is 2. The molecule has 0 saturated carbocycles. The van der Waals surface area contributed by atoms with Crippen LogP contribution in [0.2, 0.25) is 0 Å². The third-order valence-electron chi connectivity index (χ3n) is 4.57. The molecule has 7 heteroatoms. The van der Waals surface area contributed by atoms with Crippen molar-refractivity contribution in [1.29, 1.82) is 0 Å². The van der Waals surface area contributed by atoms with E-state index in [1.807, 2.05) is 24.3 Å². The Kier molecular flexibility index (Phi) is 4.45. The molecule has 1 aliphatic rings. The van der Waals surface area contributed by atoms with Crippen molar-refractivity contribution < 1.29 is 13.9 Å². The van der Waals surface area contributed by atoms with Crippen LogP contribution in [0.4, 0.5) is 11.4 Å². The van der Waals surface area contributed by atoms with E-state index >= 15 is 0 Å². The van der Waals surface area contributed by atoms with E-state index in [0.29, 0.717) is 17.1 Å². The average molecular weight is 352 g/mol. The number of carbonyl (C=O) groups excluding carboxylic acids is 1. The van der Waals surface area contributed by atoms with Crippen LogP contribution in [0.25, 0.3) is 11.5 Å². The lowest BCUT2D eigenvalue weighted by Gasteiger charge is -2.18. The largest absolute Gasteiger partial charge is 0.463 e. The van der Waals surface area contributed by atoms with Crippen LogP contribution in [0.5, 0.6) is 0 Å². The van der Waals surface area contributed by atoms with Crippen LogP contribution >= 0.6 is 0 Å². The SMILES string of the molecule is CO[C@H]1CCN(c2ccc(NC(=O)c3cc(-c4ccco4)[nH]n3)cc2)C1. The highest BCUT2D eigenvalue weighted by Gasteiger charge is 2.22. The fraction of sp³-hybridized carbons (Fsp3) is 0.263.